The number of thioether (sulfide) groups is 1. The molecule has 0 atom stereocenters. The van der Waals surface area contributed by atoms with Crippen molar-refractivity contribution in [3.8, 4) is 11.6 Å². The quantitative estimate of drug-likeness (QED) is 0.433. The third kappa shape index (κ3) is 4.37. The zero-order valence-corrected chi connectivity index (χ0v) is 13.5. The fourth-order valence-electron chi connectivity index (χ4n) is 1.57. The van der Waals surface area contributed by atoms with Gasteiger partial charge in [-0.25, -0.2) is 10.4 Å². The van der Waals surface area contributed by atoms with Crippen LogP contribution in [0.2, 0.25) is 5.02 Å². The van der Waals surface area contributed by atoms with Crippen molar-refractivity contribution in [3.05, 3.63) is 53.4 Å². The van der Waals surface area contributed by atoms with Gasteiger partial charge in [0.2, 0.25) is 0 Å². The first-order valence-electron chi connectivity index (χ1n) is 6.57. The number of carbonyl (C=O) groups excluding carboxylic acids is 1. The maximum absolute atomic E-state index is 11.8. The summed E-state index contributed by atoms with van der Waals surface area (Å²) in [5.41, 5.74) is 3.58. The van der Waals surface area contributed by atoms with E-state index in [4.69, 9.17) is 16.0 Å². The van der Waals surface area contributed by atoms with E-state index in [0.29, 0.717) is 10.7 Å². The molecule has 8 nitrogen and oxygen atoms in total. The minimum Gasteiger partial charge on any atom is -0.409 e. The van der Waals surface area contributed by atoms with E-state index in [9.17, 15) is 4.79 Å². The van der Waals surface area contributed by atoms with E-state index in [-0.39, 0.29) is 11.1 Å². The lowest BCUT2D eigenvalue weighted by Crippen LogP contribution is -2.11. The van der Waals surface area contributed by atoms with Crippen molar-refractivity contribution in [3.63, 3.8) is 0 Å². The van der Waals surface area contributed by atoms with Crippen LogP contribution in [0.4, 0.5) is 4.79 Å². The topological polar surface area (TPSA) is 106 Å². The summed E-state index contributed by atoms with van der Waals surface area (Å²) in [5, 5.41) is 11.6. The second-order valence-electron chi connectivity index (χ2n) is 4.27. The Kier molecular flexibility index (Phi) is 5.14. The van der Waals surface area contributed by atoms with Crippen LogP contribution in [0.15, 0.2) is 57.6 Å². The second-order valence-corrected chi connectivity index (χ2v) is 5.64. The molecule has 24 heavy (non-hydrogen) atoms. The zero-order valence-electron chi connectivity index (χ0n) is 12.0. The molecule has 0 unspecified atom stereocenters. The largest absolute Gasteiger partial charge is 0.409 e. The first kappa shape index (κ1) is 16.1. The lowest BCUT2D eigenvalue weighted by Gasteiger charge is -1.96. The summed E-state index contributed by atoms with van der Waals surface area (Å²) in [5.74, 6) is 0.183. The van der Waals surface area contributed by atoms with Crippen molar-refractivity contribution in [1.82, 2.24) is 25.6 Å². The van der Waals surface area contributed by atoms with Crippen molar-refractivity contribution < 1.29 is 9.21 Å². The summed E-state index contributed by atoms with van der Waals surface area (Å²) < 4.78 is 5.33. The minimum atomic E-state index is -0.463. The third-order valence-corrected chi connectivity index (χ3v) is 3.48. The Hall–Kier alpha value is -2.78. The number of benzene rings is 1. The van der Waals surface area contributed by atoms with E-state index in [1.54, 1.807) is 24.3 Å². The fraction of sp³-hybridized carbons (Fsp3) is 0. The zero-order chi connectivity index (χ0) is 16.8. The predicted molar refractivity (Wildman–Crippen MR) is 88.8 cm³/mol. The number of halogens is 1. The number of hydrazone groups is 1. The molecule has 0 aliphatic heterocycles. The molecular formula is C14H9ClN6O2S. The van der Waals surface area contributed by atoms with Crippen LogP contribution in [-0.4, -0.2) is 31.6 Å². The van der Waals surface area contributed by atoms with Crippen LogP contribution >= 0.6 is 23.4 Å². The van der Waals surface area contributed by atoms with Gasteiger partial charge in [0.1, 0.15) is 5.69 Å². The van der Waals surface area contributed by atoms with E-state index in [1.165, 1.54) is 24.8 Å². The van der Waals surface area contributed by atoms with E-state index < -0.39 is 5.24 Å². The van der Waals surface area contributed by atoms with Crippen molar-refractivity contribution >= 4 is 34.8 Å². The molecule has 0 aliphatic carbocycles. The van der Waals surface area contributed by atoms with Gasteiger partial charge in [-0.15, -0.1) is 10.2 Å². The predicted octanol–water partition coefficient (Wildman–Crippen LogP) is 3.02. The Bertz CT molecular complexity index is 853. The molecule has 0 saturated carbocycles. The number of amides is 1. The van der Waals surface area contributed by atoms with Crippen LogP contribution in [0.5, 0.6) is 0 Å². The molecule has 2 heterocycles. The first-order valence-corrected chi connectivity index (χ1v) is 7.76. The summed E-state index contributed by atoms with van der Waals surface area (Å²) in [7, 11) is 0. The molecule has 1 N–H and O–H groups in total. The van der Waals surface area contributed by atoms with Gasteiger partial charge in [-0.1, -0.05) is 23.7 Å². The third-order valence-electron chi connectivity index (χ3n) is 2.61. The van der Waals surface area contributed by atoms with Gasteiger partial charge in [-0.05, 0) is 17.7 Å². The average molecular weight is 361 g/mol. The van der Waals surface area contributed by atoms with Gasteiger partial charge in [-0.2, -0.15) is 5.10 Å². The molecule has 1 aromatic carbocycles. The number of hydrogen-bond acceptors (Lipinski definition) is 8. The number of hydrogen-bond donors (Lipinski definition) is 1. The molecule has 0 bridgehead atoms. The molecule has 3 aromatic rings. The molecule has 0 spiro atoms. The van der Waals surface area contributed by atoms with Crippen LogP contribution in [-0.2, 0) is 0 Å². The van der Waals surface area contributed by atoms with E-state index in [0.717, 1.165) is 17.3 Å². The van der Waals surface area contributed by atoms with Gasteiger partial charge in [0.15, 0.2) is 0 Å². The van der Waals surface area contributed by atoms with Crippen molar-refractivity contribution in [2.24, 2.45) is 5.10 Å². The van der Waals surface area contributed by atoms with Gasteiger partial charge in [0, 0.05) is 29.2 Å². The minimum absolute atomic E-state index is 0.0786. The highest BCUT2D eigenvalue weighted by Gasteiger charge is 2.13. The van der Waals surface area contributed by atoms with Crippen LogP contribution in [0.25, 0.3) is 11.6 Å². The highest BCUT2D eigenvalue weighted by molar-refractivity contribution is 8.13. The smallest absolute Gasteiger partial charge is 0.308 e. The van der Waals surface area contributed by atoms with Crippen LogP contribution in [0, 0.1) is 0 Å². The lowest BCUT2D eigenvalue weighted by molar-refractivity contribution is 0.261. The number of nitrogens with zero attached hydrogens (tertiary/aromatic N) is 5. The number of carbonyl (C=O) groups is 1. The molecule has 0 saturated heterocycles. The van der Waals surface area contributed by atoms with E-state index >= 15 is 0 Å². The van der Waals surface area contributed by atoms with Gasteiger partial charge in [0.05, 0.1) is 12.4 Å². The summed E-state index contributed by atoms with van der Waals surface area (Å²) in [4.78, 5) is 19.7. The Balaban J connectivity index is 1.55. The van der Waals surface area contributed by atoms with E-state index in [2.05, 4.69) is 30.7 Å². The number of aromatic nitrogens is 4. The normalized spacial score (nSPS) is 10.9. The fourth-order valence-corrected chi connectivity index (χ4v) is 2.16. The Labute approximate surface area is 145 Å². The average Bonchev–Trinajstić information content (AvgIpc) is 3.06. The monoisotopic (exact) mass is 360 g/mol. The maximum Gasteiger partial charge on any atom is 0.308 e. The molecular weight excluding hydrogens is 352 g/mol. The molecule has 1 amide bonds. The van der Waals surface area contributed by atoms with Gasteiger partial charge < -0.3 is 4.42 Å². The summed E-state index contributed by atoms with van der Waals surface area (Å²) in [6, 6.07) is 7.00. The van der Waals surface area contributed by atoms with Crippen LogP contribution in [0.3, 0.4) is 0 Å². The molecule has 2 aromatic heterocycles. The maximum atomic E-state index is 11.8. The Morgan fingerprint density at radius 1 is 1.25 bits per heavy atom. The summed E-state index contributed by atoms with van der Waals surface area (Å²) in [6.45, 7) is 0. The second kappa shape index (κ2) is 7.66. The van der Waals surface area contributed by atoms with Crippen LogP contribution < -0.4 is 5.43 Å². The van der Waals surface area contributed by atoms with Crippen LogP contribution in [0.1, 0.15) is 5.56 Å². The number of nitrogens with one attached hydrogen (secondary N) is 1. The Morgan fingerprint density at radius 3 is 2.83 bits per heavy atom. The number of rotatable bonds is 4. The first-order chi connectivity index (χ1) is 11.7. The van der Waals surface area contributed by atoms with Gasteiger partial charge >= 0.3 is 5.24 Å². The van der Waals surface area contributed by atoms with Crippen molar-refractivity contribution in [2.45, 2.75) is 5.22 Å². The summed E-state index contributed by atoms with van der Waals surface area (Å²) in [6.07, 6.45) is 6.01. The van der Waals surface area contributed by atoms with E-state index in [1.807, 2.05) is 0 Å². The molecule has 0 aliphatic rings. The van der Waals surface area contributed by atoms with Crippen molar-refractivity contribution in [2.75, 3.05) is 0 Å². The molecule has 10 heteroatoms. The molecule has 3 rings (SSSR count). The summed E-state index contributed by atoms with van der Waals surface area (Å²) >= 11 is 6.51. The highest BCUT2D eigenvalue weighted by Crippen LogP contribution is 2.21. The molecule has 120 valence electrons. The van der Waals surface area contributed by atoms with Gasteiger partial charge in [0.25, 0.3) is 11.1 Å². The highest BCUT2D eigenvalue weighted by atomic mass is 35.5. The Morgan fingerprint density at radius 2 is 2.08 bits per heavy atom. The SMILES string of the molecule is O=C(N/N=C\c1ccc(Cl)cc1)Sc1nnc(-c2cnccn2)o1. The van der Waals surface area contributed by atoms with Gasteiger partial charge in [-0.3, -0.25) is 9.78 Å². The standard InChI is InChI=1S/C14H9ClN6O2S/c15-10-3-1-9(2-4-10)7-18-20-13(22)24-14-21-19-12(23-14)11-8-16-5-6-17-11/h1-8H,(H,20,22)/b18-7-. The van der Waals surface area contributed by atoms with Crippen molar-refractivity contribution in [1.29, 1.82) is 0 Å². The molecule has 0 radical (unpaired) electrons. The lowest BCUT2D eigenvalue weighted by atomic mass is 10.2. The molecule has 0 fully saturated rings.